The van der Waals surface area contributed by atoms with Crippen LogP contribution in [0.1, 0.15) is 24.8 Å². The molecule has 1 aliphatic carbocycles. The van der Waals surface area contributed by atoms with E-state index in [0.717, 1.165) is 32.1 Å². The van der Waals surface area contributed by atoms with Crippen molar-refractivity contribution in [1.82, 2.24) is 10.2 Å². The summed E-state index contributed by atoms with van der Waals surface area (Å²) in [5.41, 5.74) is 2.67. The number of nitrogens with zero attached hydrogens (tertiary/aromatic N) is 3. The summed E-state index contributed by atoms with van der Waals surface area (Å²) in [4.78, 5) is 9.32. The van der Waals surface area contributed by atoms with Gasteiger partial charge in [-0.15, -0.1) is 24.0 Å². The number of benzene rings is 1. The first kappa shape index (κ1) is 17.4. The van der Waals surface area contributed by atoms with Gasteiger partial charge < -0.3 is 15.1 Å². The highest BCUT2D eigenvalue weighted by molar-refractivity contribution is 14.0. The molecule has 0 unspecified atom stereocenters. The Kier molecular flexibility index (Phi) is 6.35. The fourth-order valence-corrected chi connectivity index (χ4v) is 3.03. The summed E-state index contributed by atoms with van der Waals surface area (Å²) in [6, 6.07) is 9.44. The van der Waals surface area contributed by atoms with Crippen LogP contribution in [0.15, 0.2) is 29.3 Å². The van der Waals surface area contributed by atoms with E-state index in [0.29, 0.717) is 6.04 Å². The van der Waals surface area contributed by atoms with Crippen LogP contribution in [0.2, 0.25) is 0 Å². The third kappa shape index (κ3) is 4.06. The van der Waals surface area contributed by atoms with Gasteiger partial charge in [-0.25, -0.2) is 0 Å². The van der Waals surface area contributed by atoms with Gasteiger partial charge in [0.25, 0.3) is 0 Å². The second kappa shape index (κ2) is 8.04. The van der Waals surface area contributed by atoms with Gasteiger partial charge in [0.2, 0.25) is 0 Å². The van der Waals surface area contributed by atoms with E-state index in [1.807, 2.05) is 7.05 Å². The van der Waals surface area contributed by atoms with E-state index in [1.54, 1.807) is 0 Å². The van der Waals surface area contributed by atoms with Crippen LogP contribution in [0.25, 0.3) is 0 Å². The number of halogens is 1. The van der Waals surface area contributed by atoms with Crippen LogP contribution < -0.4 is 10.2 Å². The Labute approximate surface area is 151 Å². The van der Waals surface area contributed by atoms with Gasteiger partial charge in [0, 0.05) is 45.0 Å². The molecule has 1 aromatic carbocycles. The normalized spacial score (nSPS) is 19.5. The van der Waals surface area contributed by atoms with Gasteiger partial charge >= 0.3 is 0 Å². The number of anilines is 1. The van der Waals surface area contributed by atoms with Crippen molar-refractivity contribution in [2.45, 2.75) is 32.2 Å². The van der Waals surface area contributed by atoms with Crippen molar-refractivity contribution >= 4 is 35.6 Å². The Hall–Kier alpha value is -0.980. The lowest BCUT2D eigenvalue weighted by molar-refractivity contribution is 0.332. The Balaban J connectivity index is 0.00000176. The van der Waals surface area contributed by atoms with Gasteiger partial charge in [-0.05, 0) is 43.9 Å². The highest BCUT2D eigenvalue weighted by atomic mass is 127. The topological polar surface area (TPSA) is 30.9 Å². The summed E-state index contributed by atoms with van der Waals surface area (Å²) in [6.45, 7) is 6.37. The van der Waals surface area contributed by atoms with Crippen molar-refractivity contribution < 1.29 is 0 Å². The van der Waals surface area contributed by atoms with Crippen molar-refractivity contribution in [3.63, 3.8) is 0 Å². The van der Waals surface area contributed by atoms with Crippen LogP contribution >= 0.6 is 24.0 Å². The maximum atomic E-state index is 4.46. The predicted molar refractivity (Wildman–Crippen MR) is 105 cm³/mol. The highest BCUT2D eigenvalue weighted by Crippen LogP contribution is 2.20. The monoisotopic (exact) mass is 414 g/mol. The Morgan fingerprint density at radius 1 is 1.18 bits per heavy atom. The van der Waals surface area contributed by atoms with Gasteiger partial charge in [0.15, 0.2) is 5.96 Å². The van der Waals surface area contributed by atoms with Crippen molar-refractivity contribution in [2.75, 3.05) is 38.1 Å². The first-order chi connectivity index (χ1) is 10.3. The molecule has 5 heteroatoms. The fraction of sp³-hybridized carbons (Fsp3) is 0.588. The lowest BCUT2D eigenvalue weighted by atomic mass is 9.93. The molecule has 1 saturated heterocycles. The van der Waals surface area contributed by atoms with E-state index in [4.69, 9.17) is 0 Å². The van der Waals surface area contributed by atoms with E-state index >= 15 is 0 Å². The van der Waals surface area contributed by atoms with Gasteiger partial charge in [-0.2, -0.15) is 0 Å². The summed E-state index contributed by atoms with van der Waals surface area (Å²) in [7, 11) is 1.90. The maximum Gasteiger partial charge on any atom is 0.193 e. The summed E-state index contributed by atoms with van der Waals surface area (Å²) < 4.78 is 0. The Bertz CT molecular complexity index is 505. The summed E-state index contributed by atoms with van der Waals surface area (Å²) in [5.74, 6) is 1.09. The van der Waals surface area contributed by atoms with Crippen molar-refractivity contribution in [3.8, 4) is 0 Å². The molecule has 1 saturated carbocycles. The number of nitrogens with one attached hydrogen (secondary N) is 1. The standard InChI is InChI=1S/C17H26N4.HI/c1-14-5-3-8-16(13-14)20-9-11-21(12-10-20)17(18-2)19-15-6-4-7-15;/h3,5,8,13,15H,4,6-7,9-12H2,1-2H3,(H,18,19);1H. The molecule has 0 atom stereocenters. The Morgan fingerprint density at radius 3 is 2.45 bits per heavy atom. The molecule has 122 valence electrons. The molecule has 3 rings (SSSR count). The average molecular weight is 414 g/mol. The van der Waals surface area contributed by atoms with Gasteiger partial charge in [-0.3, -0.25) is 4.99 Å². The largest absolute Gasteiger partial charge is 0.368 e. The molecule has 4 nitrogen and oxygen atoms in total. The predicted octanol–water partition coefficient (Wildman–Crippen LogP) is 2.86. The molecule has 1 aromatic rings. The number of aliphatic imine (C=N–C) groups is 1. The smallest absolute Gasteiger partial charge is 0.193 e. The lowest BCUT2D eigenvalue weighted by Gasteiger charge is -2.39. The summed E-state index contributed by atoms with van der Waals surface area (Å²) in [6.07, 6.45) is 3.94. The second-order valence-electron chi connectivity index (χ2n) is 6.13. The van der Waals surface area contributed by atoms with Crippen molar-refractivity contribution in [1.29, 1.82) is 0 Å². The summed E-state index contributed by atoms with van der Waals surface area (Å²) in [5, 5.41) is 3.59. The number of hydrogen-bond acceptors (Lipinski definition) is 2. The van der Waals surface area contributed by atoms with Gasteiger partial charge in [-0.1, -0.05) is 12.1 Å². The molecule has 1 N–H and O–H groups in total. The zero-order valence-electron chi connectivity index (χ0n) is 13.6. The number of piperazine rings is 1. The molecule has 1 heterocycles. The van der Waals surface area contributed by atoms with E-state index in [2.05, 4.69) is 51.3 Å². The zero-order valence-corrected chi connectivity index (χ0v) is 15.9. The van der Waals surface area contributed by atoms with E-state index in [9.17, 15) is 0 Å². The number of rotatable bonds is 2. The van der Waals surface area contributed by atoms with Crippen LogP contribution in [0.3, 0.4) is 0 Å². The second-order valence-corrected chi connectivity index (χ2v) is 6.13. The molecule has 0 aromatic heterocycles. The first-order valence-corrected chi connectivity index (χ1v) is 8.06. The van der Waals surface area contributed by atoms with Crippen LogP contribution in [0.4, 0.5) is 5.69 Å². The zero-order chi connectivity index (χ0) is 14.7. The van der Waals surface area contributed by atoms with Crippen LogP contribution in [-0.2, 0) is 0 Å². The van der Waals surface area contributed by atoms with Crippen LogP contribution in [0, 0.1) is 6.92 Å². The number of guanidine groups is 1. The number of aryl methyl sites for hydroxylation is 1. The Morgan fingerprint density at radius 2 is 1.91 bits per heavy atom. The van der Waals surface area contributed by atoms with Gasteiger partial charge in [0.1, 0.15) is 0 Å². The quantitative estimate of drug-likeness (QED) is 0.459. The molecule has 0 radical (unpaired) electrons. The SMILES string of the molecule is CN=C(NC1CCC1)N1CCN(c2cccc(C)c2)CC1.I. The maximum absolute atomic E-state index is 4.46. The molecule has 22 heavy (non-hydrogen) atoms. The van der Waals surface area contributed by atoms with Crippen molar-refractivity contribution in [3.05, 3.63) is 29.8 Å². The molecule has 2 aliphatic rings. The third-order valence-corrected chi connectivity index (χ3v) is 4.60. The van der Waals surface area contributed by atoms with Crippen LogP contribution in [0.5, 0.6) is 0 Å². The molecular weight excluding hydrogens is 387 g/mol. The average Bonchev–Trinajstić information content (AvgIpc) is 2.47. The fourth-order valence-electron chi connectivity index (χ4n) is 3.03. The van der Waals surface area contributed by atoms with E-state index in [-0.39, 0.29) is 24.0 Å². The van der Waals surface area contributed by atoms with Crippen LogP contribution in [-0.4, -0.2) is 50.1 Å². The third-order valence-electron chi connectivity index (χ3n) is 4.60. The van der Waals surface area contributed by atoms with Gasteiger partial charge in [0.05, 0.1) is 0 Å². The van der Waals surface area contributed by atoms with E-state index < -0.39 is 0 Å². The molecule has 0 spiro atoms. The van der Waals surface area contributed by atoms with E-state index in [1.165, 1.54) is 30.5 Å². The minimum atomic E-state index is 0. The molecular formula is C17H27IN4. The highest BCUT2D eigenvalue weighted by Gasteiger charge is 2.24. The molecule has 0 amide bonds. The minimum Gasteiger partial charge on any atom is -0.368 e. The summed E-state index contributed by atoms with van der Waals surface area (Å²) >= 11 is 0. The molecule has 2 fully saturated rings. The molecule has 1 aliphatic heterocycles. The molecule has 0 bridgehead atoms. The first-order valence-electron chi connectivity index (χ1n) is 8.06. The minimum absolute atomic E-state index is 0. The van der Waals surface area contributed by atoms with Crippen molar-refractivity contribution in [2.24, 2.45) is 4.99 Å². The lowest BCUT2D eigenvalue weighted by Crippen LogP contribution is -2.55. The number of hydrogen-bond donors (Lipinski definition) is 1.